The highest BCUT2D eigenvalue weighted by Gasteiger charge is 2.28. The van der Waals surface area contributed by atoms with Crippen LogP contribution in [-0.4, -0.2) is 41.2 Å². The van der Waals surface area contributed by atoms with E-state index in [4.69, 9.17) is 4.74 Å². The van der Waals surface area contributed by atoms with Crippen molar-refractivity contribution >= 4 is 23.6 Å². The molecule has 1 N–H and O–H groups in total. The number of rotatable bonds is 8. The summed E-state index contributed by atoms with van der Waals surface area (Å²) in [7, 11) is 1.62. The van der Waals surface area contributed by atoms with Crippen LogP contribution in [0.3, 0.4) is 0 Å². The van der Waals surface area contributed by atoms with E-state index in [1.54, 1.807) is 18.9 Å². The normalized spacial score (nSPS) is 12.2. The minimum atomic E-state index is -0.586. The maximum atomic E-state index is 13.1. The second-order valence-corrected chi connectivity index (χ2v) is 9.44. The number of amides is 2. The van der Waals surface area contributed by atoms with Gasteiger partial charge in [-0.2, -0.15) is 0 Å². The summed E-state index contributed by atoms with van der Waals surface area (Å²) >= 11 is 1.48. The second-order valence-electron chi connectivity index (χ2n) is 8.39. The molecule has 30 heavy (non-hydrogen) atoms. The van der Waals surface area contributed by atoms with E-state index in [0.29, 0.717) is 6.54 Å². The predicted molar refractivity (Wildman–Crippen MR) is 123 cm³/mol. The Bertz CT molecular complexity index is 842. The highest BCUT2D eigenvalue weighted by Crippen LogP contribution is 2.21. The summed E-state index contributed by atoms with van der Waals surface area (Å²) in [6, 6.07) is 15.0. The zero-order valence-corrected chi connectivity index (χ0v) is 19.5. The lowest BCUT2D eigenvalue weighted by Crippen LogP contribution is -2.52. The Morgan fingerprint density at radius 3 is 2.20 bits per heavy atom. The fraction of sp³-hybridized carbons (Fsp3) is 0.417. The topological polar surface area (TPSA) is 58.6 Å². The van der Waals surface area contributed by atoms with Gasteiger partial charge >= 0.3 is 0 Å². The van der Waals surface area contributed by atoms with Crippen molar-refractivity contribution in [2.75, 3.05) is 12.9 Å². The first-order valence-electron chi connectivity index (χ1n) is 10.0. The van der Waals surface area contributed by atoms with Crippen molar-refractivity contribution in [3.05, 3.63) is 59.7 Å². The van der Waals surface area contributed by atoms with Crippen molar-refractivity contribution in [2.45, 2.75) is 57.6 Å². The Kier molecular flexibility index (Phi) is 8.35. The molecule has 2 aromatic rings. The summed E-state index contributed by atoms with van der Waals surface area (Å²) in [5.74, 6) is 0.787. The molecule has 0 bridgehead atoms. The third-order valence-electron chi connectivity index (χ3n) is 4.56. The lowest BCUT2D eigenvalue weighted by atomic mass is 10.1. The highest BCUT2D eigenvalue weighted by molar-refractivity contribution is 8.00. The van der Waals surface area contributed by atoms with Crippen molar-refractivity contribution in [1.29, 1.82) is 0 Å². The molecule has 0 radical (unpaired) electrons. The van der Waals surface area contributed by atoms with E-state index in [1.165, 1.54) is 17.3 Å². The van der Waals surface area contributed by atoms with Gasteiger partial charge in [0, 0.05) is 17.0 Å². The molecule has 2 rings (SSSR count). The molecule has 0 aliphatic carbocycles. The van der Waals surface area contributed by atoms with Gasteiger partial charge in [-0.05, 0) is 64.4 Å². The van der Waals surface area contributed by atoms with Crippen molar-refractivity contribution in [2.24, 2.45) is 0 Å². The van der Waals surface area contributed by atoms with Gasteiger partial charge in [0.15, 0.2) is 0 Å². The molecule has 162 valence electrons. The van der Waals surface area contributed by atoms with E-state index < -0.39 is 6.04 Å². The maximum absolute atomic E-state index is 13.1. The predicted octanol–water partition coefficient (Wildman–Crippen LogP) is 4.43. The Labute approximate surface area is 184 Å². The SMILES string of the molecule is COc1ccc(CN(C(=O)CSc2ccc(C)cc2)[C@@H](C)C(=O)NC(C)(C)C)cc1. The minimum Gasteiger partial charge on any atom is -0.497 e. The monoisotopic (exact) mass is 428 g/mol. The van der Waals surface area contributed by atoms with Crippen LogP contribution in [0.5, 0.6) is 5.75 Å². The van der Waals surface area contributed by atoms with Crippen LogP contribution in [0.1, 0.15) is 38.8 Å². The molecule has 0 saturated carbocycles. The molecular weight excluding hydrogens is 396 g/mol. The number of methoxy groups -OCH3 is 1. The Morgan fingerprint density at radius 2 is 1.67 bits per heavy atom. The van der Waals surface area contributed by atoms with Gasteiger partial charge in [0.05, 0.1) is 12.9 Å². The molecule has 5 nitrogen and oxygen atoms in total. The molecule has 0 saturated heterocycles. The number of carbonyl (C=O) groups excluding carboxylic acids is 2. The Balaban J connectivity index is 2.16. The van der Waals surface area contributed by atoms with E-state index in [9.17, 15) is 9.59 Å². The molecule has 0 aliphatic heterocycles. The van der Waals surface area contributed by atoms with Gasteiger partial charge < -0.3 is 15.0 Å². The lowest BCUT2D eigenvalue weighted by Gasteiger charge is -2.31. The van der Waals surface area contributed by atoms with Crippen LogP contribution >= 0.6 is 11.8 Å². The lowest BCUT2D eigenvalue weighted by molar-refractivity contribution is -0.139. The number of carbonyl (C=O) groups is 2. The zero-order valence-electron chi connectivity index (χ0n) is 18.7. The smallest absolute Gasteiger partial charge is 0.242 e. The van der Waals surface area contributed by atoms with Crippen molar-refractivity contribution in [3.8, 4) is 5.75 Å². The van der Waals surface area contributed by atoms with E-state index in [1.807, 2.05) is 76.2 Å². The van der Waals surface area contributed by atoms with Gasteiger partial charge in [-0.25, -0.2) is 0 Å². The van der Waals surface area contributed by atoms with Crippen LogP contribution in [0.4, 0.5) is 0 Å². The van der Waals surface area contributed by atoms with Gasteiger partial charge in [0.2, 0.25) is 11.8 Å². The van der Waals surface area contributed by atoms with Crippen LogP contribution in [0, 0.1) is 6.92 Å². The standard InChI is InChI=1S/C24H32N2O3S/c1-17-7-13-21(14-8-17)30-16-22(27)26(18(2)23(28)25-24(3,4)5)15-19-9-11-20(29-6)12-10-19/h7-14,18H,15-16H2,1-6H3,(H,25,28)/t18-/m0/s1. The van der Waals surface area contributed by atoms with Gasteiger partial charge in [-0.1, -0.05) is 29.8 Å². The molecule has 2 amide bonds. The first-order valence-corrected chi connectivity index (χ1v) is 11.0. The number of nitrogens with zero attached hydrogens (tertiary/aromatic N) is 1. The van der Waals surface area contributed by atoms with Crippen LogP contribution in [0.25, 0.3) is 0 Å². The van der Waals surface area contributed by atoms with E-state index in [2.05, 4.69) is 5.32 Å². The van der Waals surface area contributed by atoms with E-state index in [-0.39, 0.29) is 23.1 Å². The number of hydrogen-bond acceptors (Lipinski definition) is 4. The number of ether oxygens (including phenoxy) is 1. The molecule has 0 aromatic heterocycles. The highest BCUT2D eigenvalue weighted by atomic mass is 32.2. The van der Waals surface area contributed by atoms with Crippen LogP contribution in [-0.2, 0) is 16.1 Å². The van der Waals surface area contributed by atoms with Crippen molar-refractivity contribution in [1.82, 2.24) is 10.2 Å². The number of nitrogens with one attached hydrogen (secondary N) is 1. The van der Waals surface area contributed by atoms with Crippen LogP contribution < -0.4 is 10.1 Å². The molecule has 2 aromatic carbocycles. The van der Waals surface area contributed by atoms with Gasteiger partial charge in [0.25, 0.3) is 0 Å². The first kappa shape index (κ1) is 23.8. The fourth-order valence-corrected chi connectivity index (χ4v) is 3.63. The number of benzene rings is 2. The average molecular weight is 429 g/mol. The Morgan fingerprint density at radius 1 is 1.07 bits per heavy atom. The largest absolute Gasteiger partial charge is 0.497 e. The molecule has 0 aliphatic rings. The van der Waals surface area contributed by atoms with E-state index in [0.717, 1.165) is 16.2 Å². The van der Waals surface area contributed by atoms with Gasteiger partial charge in [0.1, 0.15) is 11.8 Å². The third-order valence-corrected chi connectivity index (χ3v) is 5.56. The summed E-state index contributed by atoms with van der Waals surface area (Å²) in [4.78, 5) is 28.6. The fourth-order valence-electron chi connectivity index (χ4n) is 2.85. The summed E-state index contributed by atoms with van der Waals surface area (Å²) in [5, 5.41) is 2.98. The minimum absolute atomic E-state index is 0.0760. The molecular formula is C24H32N2O3S. The molecule has 0 spiro atoms. The molecule has 0 fully saturated rings. The number of aryl methyl sites for hydroxylation is 1. The maximum Gasteiger partial charge on any atom is 0.242 e. The molecule has 0 heterocycles. The number of thioether (sulfide) groups is 1. The summed E-state index contributed by atoms with van der Waals surface area (Å²) in [5.41, 5.74) is 1.76. The number of hydrogen-bond donors (Lipinski definition) is 1. The quantitative estimate of drug-likeness (QED) is 0.632. The molecule has 0 unspecified atom stereocenters. The second kappa shape index (κ2) is 10.5. The van der Waals surface area contributed by atoms with Crippen LogP contribution in [0.2, 0.25) is 0 Å². The van der Waals surface area contributed by atoms with Crippen LogP contribution in [0.15, 0.2) is 53.4 Å². The van der Waals surface area contributed by atoms with Crippen molar-refractivity contribution in [3.63, 3.8) is 0 Å². The van der Waals surface area contributed by atoms with Crippen molar-refractivity contribution < 1.29 is 14.3 Å². The summed E-state index contributed by atoms with van der Waals surface area (Å²) in [6.45, 7) is 9.96. The Hall–Kier alpha value is -2.47. The third kappa shape index (κ3) is 7.41. The van der Waals surface area contributed by atoms with Gasteiger partial charge in [-0.15, -0.1) is 11.8 Å². The summed E-state index contributed by atoms with van der Waals surface area (Å²) in [6.07, 6.45) is 0. The van der Waals surface area contributed by atoms with Gasteiger partial charge in [-0.3, -0.25) is 9.59 Å². The molecule has 6 heteroatoms. The first-order chi connectivity index (χ1) is 14.1. The zero-order chi connectivity index (χ0) is 22.3. The molecule has 1 atom stereocenters. The average Bonchev–Trinajstić information content (AvgIpc) is 2.70. The summed E-state index contributed by atoms with van der Waals surface area (Å²) < 4.78 is 5.21. The van der Waals surface area contributed by atoms with E-state index >= 15 is 0 Å².